The molecule has 0 aliphatic heterocycles. The molecule has 2 aromatic rings. The van der Waals surface area contributed by atoms with Crippen molar-refractivity contribution in [3.63, 3.8) is 0 Å². The maximum Gasteiger partial charge on any atom is 0.269 e. The van der Waals surface area contributed by atoms with Crippen LogP contribution in [0.5, 0.6) is 0 Å². The number of carbonyl (C=O) groups is 2. The van der Waals surface area contributed by atoms with Gasteiger partial charge in [0.1, 0.15) is 6.79 Å². The van der Waals surface area contributed by atoms with Gasteiger partial charge >= 0.3 is 0 Å². The summed E-state index contributed by atoms with van der Waals surface area (Å²) in [6.45, 7) is 2.07. The number of nitro benzene ring substituents is 1. The standard InChI is InChI=1S/C22H27N3O7/c1-16(21(26)23-28)12-20(14-32-15-31-13-17-6-4-3-5-7-17)24(2)22(27)18-8-10-19(11-9-18)25(29)30/h3-11,16,20,28H,12-15H2,1-2H3,(H,23,26)/t16-,20-/m0/s1. The topological polar surface area (TPSA) is 131 Å². The lowest BCUT2D eigenvalue weighted by Gasteiger charge is -2.30. The molecule has 0 aromatic heterocycles. The van der Waals surface area contributed by atoms with Crippen LogP contribution in [0.1, 0.15) is 29.3 Å². The Hall–Kier alpha value is -3.34. The van der Waals surface area contributed by atoms with Crippen LogP contribution in [0.15, 0.2) is 54.6 Å². The third-order valence-electron chi connectivity index (χ3n) is 4.97. The number of carbonyl (C=O) groups excluding carboxylic acids is 2. The molecule has 10 nitrogen and oxygen atoms in total. The smallest absolute Gasteiger partial charge is 0.269 e. The highest BCUT2D eigenvalue weighted by atomic mass is 16.7. The van der Waals surface area contributed by atoms with Crippen LogP contribution in [0.4, 0.5) is 5.69 Å². The minimum atomic E-state index is -0.592. The van der Waals surface area contributed by atoms with Crippen molar-refractivity contribution in [1.82, 2.24) is 10.4 Å². The van der Waals surface area contributed by atoms with Crippen LogP contribution in [-0.2, 0) is 20.9 Å². The minimum Gasteiger partial charge on any atom is -0.353 e. The quantitative estimate of drug-likeness (QED) is 0.169. The zero-order chi connectivity index (χ0) is 23.5. The van der Waals surface area contributed by atoms with E-state index in [0.29, 0.717) is 6.61 Å². The molecular weight excluding hydrogens is 418 g/mol. The lowest BCUT2D eigenvalue weighted by Crippen LogP contribution is -2.43. The summed E-state index contributed by atoms with van der Waals surface area (Å²) < 4.78 is 11.1. The summed E-state index contributed by atoms with van der Waals surface area (Å²) in [6.07, 6.45) is 0.223. The number of non-ortho nitro benzene ring substituents is 1. The van der Waals surface area contributed by atoms with Crippen LogP contribution in [0.2, 0.25) is 0 Å². The summed E-state index contributed by atoms with van der Waals surface area (Å²) >= 11 is 0. The van der Waals surface area contributed by atoms with Crippen LogP contribution < -0.4 is 5.48 Å². The van der Waals surface area contributed by atoms with Crippen LogP contribution >= 0.6 is 0 Å². The average Bonchev–Trinajstić information content (AvgIpc) is 2.82. The Morgan fingerprint density at radius 2 is 1.78 bits per heavy atom. The predicted octanol–water partition coefficient (Wildman–Crippen LogP) is 2.76. The molecule has 2 N–H and O–H groups in total. The predicted molar refractivity (Wildman–Crippen MR) is 115 cm³/mol. The zero-order valence-electron chi connectivity index (χ0n) is 18.0. The van der Waals surface area contributed by atoms with E-state index >= 15 is 0 Å². The van der Waals surface area contributed by atoms with Crippen molar-refractivity contribution in [1.29, 1.82) is 0 Å². The Balaban J connectivity index is 1.99. The van der Waals surface area contributed by atoms with Gasteiger partial charge in [0.15, 0.2) is 0 Å². The maximum absolute atomic E-state index is 12.9. The normalized spacial score (nSPS) is 12.6. The molecule has 0 saturated heterocycles. The highest BCUT2D eigenvalue weighted by Gasteiger charge is 2.26. The van der Waals surface area contributed by atoms with Gasteiger partial charge in [-0.1, -0.05) is 37.3 Å². The third-order valence-corrected chi connectivity index (χ3v) is 4.97. The van der Waals surface area contributed by atoms with E-state index < -0.39 is 22.8 Å². The van der Waals surface area contributed by atoms with E-state index in [1.54, 1.807) is 19.5 Å². The SMILES string of the molecule is C[C@@H](C[C@@H](COCOCc1ccccc1)N(C)C(=O)c1ccc([N+](=O)[O-])cc1)C(=O)NO. The fraction of sp³-hybridized carbons (Fsp3) is 0.364. The molecule has 0 saturated carbocycles. The molecule has 10 heteroatoms. The number of hydroxylamine groups is 1. The molecule has 2 amide bonds. The molecule has 0 radical (unpaired) electrons. The molecule has 0 heterocycles. The van der Waals surface area contributed by atoms with Crippen LogP contribution in [-0.4, -0.2) is 53.3 Å². The van der Waals surface area contributed by atoms with Gasteiger partial charge < -0.3 is 14.4 Å². The first-order valence-corrected chi connectivity index (χ1v) is 9.98. The van der Waals surface area contributed by atoms with Gasteiger partial charge in [-0.2, -0.15) is 0 Å². The van der Waals surface area contributed by atoms with Gasteiger partial charge in [-0.25, -0.2) is 5.48 Å². The Kier molecular flexibility index (Phi) is 9.74. The average molecular weight is 445 g/mol. The van der Waals surface area contributed by atoms with E-state index in [2.05, 4.69) is 0 Å². The van der Waals surface area contributed by atoms with E-state index in [0.717, 1.165) is 5.56 Å². The summed E-state index contributed by atoms with van der Waals surface area (Å²) in [5, 5.41) is 19.7. The number of benzene rings is 2. The Labute approximate surface area is 185 Å². The molecule has 0 fully saturated rings. The van der Waals surface area contributed by atoms with Gasteiger partial charge in [-0.3, -0.25) is 24.9 Å². The number of nitro groups is 1. The van der Waals surface area contributed by atoms with Gasteiger partial charge in [-0.05, 0) is 24.1 Å². The van der Waals surface area contributed by atoms with E-state index in [4.69, 9.17) is 14.7 Å². The summed E-state index contributed by atoms with van der Waals surface area (Å²) in [4.78, 5) is 36.3. The highest BCUT2D eigenvalue weighted by Crippen LogP contribution is 2.17. The number of hydrogen-bond donors (Lipinski definition) is 2. The second kappa shape index (κ2) is 12.5. The van der Waals surface area contributed by atoms with Gasteiger partial charge in [0.05, 0.1) is 24.2 Å². The number of nitrogens with zero attached hydrogens (tertiary/aromatic N) is 2. The van der Waals surface area contributed by atoms with Crippen LogP contribution in [0.3, 0.4) is 0 Å². The summed E-state index contributed by atoms with van der Waals surface area (Å²) in [5.41, 5.74) is 2.75. The molecule has 2 rings (SSSR count). The van der Waals surface area contributed by atoms with Crippen LogP contribution in [0, 0.1) is 16.0 Å². The summed E-state index contributed by atoms with van der Waals surface area (Å²) in [7, 11) is 1.56. The number of likely N-dealkylation sites (N-methyl/N-ethyl adjacent to an activating group) is 1. The molecule has 172 valence electrons. The summed E-state index contributed by atoms with van der Waals surface area (Å²) in [6, 6.07) is 14.3. The van der Waals surface area contributed by atoms with Crippen molar-refractivity contribution < 1.29 is 29.2 Å². The first-order valence-electron chi connectivity index (χ1n) is 9.98. The first-order chi connectivity index (χ1) is 15.3. The monoisotopic (exact) mass is 445 g/mol. The molecule has 0 bridgehead atoms. The number of ether oxygens (including phenoxy) is 2. The Morgan fingerprint density at radius 3 is 2.38 bits per heavy atom. The fourth-order valence-electron chi connectivity index (χ4n) is 3.04. The molecule has 0 aliphatic rings. The number of hydrogen-bond acceptors (Lipinski definition) is 7. The Morgan fingerprint density at radius 1 is 1.12 bits per heavy atom. The lowest BCUT2D eigenvalue weighted by atomic mass is 10.00. The second-order valence-electron chi connectivity index (χ2n) is 7.31. The molecule has 0 unspecified atom stereocenters. The number of rotatable bonds is 12. The first kappa shape index (κ1) is 24.9. The van der Waals surface area contributed by atoms with Gasteiger partial charge in [0.25, 0.3) is 11.6 Å². The molecule has 2 atom stereocenters. The van der Waals surface area contributed by atoms with Crippen molar-refractivity contribution in [2.24, 2.45) is 5.92 Å². The fourth-order valence-corrected chi connectivity index (χ4v) is 3.04. The largest absolute Gasteiger partial charge is 0.353 e. The molecule has 2 aromatic carbocycles. The van der Waals surface area contributed by atoms with Gasteiger partial charge in [0.2, 0.25) is 5.91 Å². The molecule has 0 spiro atoms. The van der Waals surface area contributed by atoms with E-state index in [1.165, 1.54) is 29.2 Å². The van der Waals surface area contributed by atoms with E-state index in [1.807, 2.05) is 30.3 Å². The van der Waals surface area contributed by atoms with Gasteiger partial charge in [-0.15, -0.1) is 0 Å². The Bertz CT molecular complexity index is 890. The number of amides is 2. The zero-order valence-corrected chi connectivity index (χ0v) is 18.0. The van der Waals surface area contributed by atoms with Crippen molar-refractivity contribution in [2.45, 2.75) is 26.0 Å². The highest BCUT2D eigenvalue weighted by molar-refractivity contribution is 5.94. The molecule has 0 aliphatic carbocycles. The third kappa shape index (κ3) is 7.41. The van der Waals surface area contributed by atoms with E-state index in [9.17, 15) is 19.7 Å². The van der Waals surface area contributed by atoms with Gasteiger partial charge in [0, 0.05) is 30.7 Å². The maximum atomic E-state index is 12.9. The van der Waals surface area contributed by atoms with Crippen molar-refractivity contribution in [3.05, 3.63) is 75.8 Å². The minimum absolute atomic E-state index is 0.00840. The van der Waals surface area contributed by atoms with Crippen LogP contribution in [0.25, 0.3) is 0 Å². The van der Waals surface area contributed by atoms with Crippen molar-refractivity contribution in [3.8, 4) is 0 Å². The summed E-state index contributed by atoms with van der Waals surface area (Å²) in [5.74, 6) is -1.55. The lowest BCUT2D eigenvalue weighted by molar-refractivity contribution is -0.384. The number of nitrogens with one attached hydrogen (secondary N) is 1. The molecular formula is C22H27N3O7. The van der Waals surface area contributed by atoms with E-state index in [-0.39, 0.29) is 37.0 Å². The second-order valence-corrected chi connectivity index (χ2v) is 7.31. The van der Waals surface area contributed by atoms with Crippen molar-refractivity contribution >= 4 is 17.5 Å². The van der Waals surface area contributed by atoms with Crippen molar-refractivity contribution in [2.75, 3.05) is 20.4 Å². The molecule has 32 heavy (non-hydrogen) atoms.